The molecule has 1 aromatic heterocycles. The van der Waals surface area contributed by atoms with E-state index >= 15 is 0 Å². The summed E-state index contributed by atoms with van der Waals surface area (Å²) in [7, 11) is 0. The van der Waals surface area contributed by atoms with Crippen LogP contribution in [0, 0.1) is 6.92 Å². The van der Waals surface area contributed by atoms with Gasteiger partial charge in [-0.1, -0.05) is 65.3 Å². The molecule has 31 heavy (non-hydrogen) atoms. The van der Waals surface area contributed by atoms with Gasteiger partial charge in [0.25, 0.3) is 0 Å². The molecule has 0 fully saturated rings. The standard InChI is InChI=1S/C24H21ClN4OS/c1-18-2-4-21(5-3-18)16-31-24-28-26-17-29(24)27-14-19-8-12-23(13-9-19)30-15-20-6-10-22(25)11-7-20/h2-14,17H,15-16H2,1H3/b27-14-. The Morgan fingerprint density at radius 3 is 2.42 bits per heavy atom. The van der Waals surface area contributed by atoms with E-state index in [0.29, 0.717) is 6.61 Å². The molecule has 0 unspecified atom stereocenters. The fourth-order valence-electron chi connectivity index (χ4n) is 2.75. The van der Waals surface area contributed by atoms with Crippen LogP contribution in [0.5, 0.6) is 5.75 Å². The highest BCUT2D eigenvalue weighted by molar-refractivity contribution is 7.98. The van der Waals surface area contributed by atoms with E-state index in [-0.39, 0.29) is 0 Å². The predicted molar refractivity (Wildman–Crippen MR) is 126 cm³/mol. The van der Waals surface area contributed by atoms with Gasteiger partial charge in [-0.3, -0.25) is 0 Å². The minimum Gasteiger partial charge on any atom is -0.489 e. The number of hydrogen-bond acceptors (Lipinski definition) is 5. The molecule has 4 aromatic rings. The number of rotatable bonds is 8. The monoisotopic (exact) mass is 448 g/mol. The van der Waals surface area contributed by atoms with Gasteiger partial charge in [-0.25, -0.2) is 0 Å². The molecule has 1 heterocycles. The molecule has 0 radical (unpaired) electrons. The summed E-state index contributed by atoms with van der Waals surface area (Å²) in [6.45, 7) is 2.58. The lowest BCUT2D eigenvalue weighted by atomic mass is 10.2. The first-order valence-electron chi connectivity index (χ1n) is 9.76. The fourth-order valence-corrected chi connectivity index (χ4v) is 3.70. The van der Waals surface area contributed by atoms with Crippen molar-refractivity contribution < 1.29 is 4.74 Å². The Morgan fingerprint density at radius 2 is 1.68 bits per heavy atom. The lowest BCUT2D eigenvalue weighted by molar-refractivity contribution is 0.306. The Labute approximate surface area is 190 Å². The number of benzene rings is 3. The fraction of sp³-hybridized carbons (Fsp3) is 0.125. The molecule has 0 aliphatic rings. The molecule has 5 nitrogen and oxygen atoms in total. The van der Waals surface area contributed by atoms with Crippen LogP contribution in [0.3, 0.4) is 0 Å². The van der Waals surface area contributed by atoms with Crippen LogP contribution in [0.15, 0.2) is 89.4 Å². The summed E-state index contributed by atoms with van der Waals surface area (Å²) < 4.78 is 7.51. The van der Waals surface area contributed by atoms with E-state index in [0.717, 1.165) is 32.8 Å². The molecule has 3 aromatic carbocycles. The number of thioether (sulfide) groups is 1. The molecular formula is C24H21ClN4OS. The lowest BCUT2D eigenvalue weighted by Gasteiger charge is -2.06. The summed E-state index contributed by atoms with van der Waals surface area (Å²) >= 11 is 7.51. The van der Waals surface area contributed by atoms with E-state index < -0.39 is 0 Å². The van der Waals surface area contributed by atoms with Crippen molar-refractivity contribution in [2.75, 3.05) is 0 Å². The van der Waals surface area contributed by atoms with Gasteiger partial charge in [0.2, 0.25) is 5.16 Å². The largest absolute Gasteiger partial charge is 0.489 e. The van der Waals surface area contributed by atoms with Crippen LogP contribution in [0.1, 0.15) is 22.3 Å². The van der Waals surface area contributed by atoms with Gasteiger partial charge in [-0.2, -0.15) is 9.78 Å². The molecule has 0 saturated carbocycles. The molecular weight excluding hydrogens is 428 g/mol. The normalized spacial score (nSPS) is 11.2. The average Bonchev–Trinajstić information content (AvgIpc) is 3.25. The minimum absolute atomic E-state index is 0.493. The van der Waals surface area contributed by atoms with Crippen LogP contribution < -0.4 is 4.74 Å². The van der Waals surface area contributed by atoms with Crippen LogP contribution in [0.4, 0.5) is 0 Å². The first kappa shape index (κ1) is 21.2. The molecule has 0 amide bonds. The molecule has 4 rings (SSSR count). The van der Waals surface area contributed by atoms with Crippen molar-refractivity contribution >= 4 is 29.6 Å². The van der Waals surface area contributed by atoms with Crippen LogP contribution >= 0.6 is 23.4 Å². The van der Waals surface area contributed by atoms with E-state index in [2.05, 4.69) is 46.5 Å². The average molecular weight is 449 g/mol. The predicted octanol–water partition coefficient (Wildman–Crippen LogP) is 5.99. The van der Waals surface area contributed by atoms with Crippen molar-refractivity contribution in [3.05, 3.63) is 106 Å². The molecule has 0 aliphatic heterocycles. The van der Waals surface area contributed by atoms with Gasteiger partial charge in [0, 0.05) is 10.8 Å². The Balaban J connectivity index is 1.33. The van der Waals surface area contributed by atoms with Crippen LogP contribution in [-0.4, -0.2) is 21.1 Å². The molecule has 0 atom stereocenters. The summed E-state index contributed by atoms with van der Waals surface area (Å²) in [6, 6.07) is 23.9. The van der Waals surface area contributed by atoms with Crippen LogP contribution in [0.2, 0.25) is 5.02 Å². The minimum atomic E-state index is 0.493. The van der Waals surface area contributed by atoms with E-state index in [4.69, 9.17) is 16.3 Å². The van der Waals surface area contributed by atoms with Crippen molar-refractivity contribution in [1.82, 2.24) is 14.9 Å². The Bertz CT molecular complexity index is 1140. The van der Waals surface area contributed by atoms with Gasteiger partial charge in [0.15, 0.2) is 0 Å². The van der Waals surface area contributed by atoms with E-state index in [9.17, 15) is 0 Å². The third-order valence-electron chi connectivity index (χ3n) is 4.52. The molecule has 156 valence electrons. The Morgan fingerprint density at radius 1 is 0.968 bits per heavy atom. The molecule has 0 saturated heterocycles. The third-order valence-corrected chi connectivity index (χ3v) is 5.78. The molecule has 0 bridgehead atoms. The van der Waals surface area contributed by atoms with E-state index in [1.165, 1.54) is 11.1 Å². The van der Waals surface area contributed by atoms with Gasteiger partial charge in [0.05, 0.1) is 6.21 Å². The number of hydrogen-bond donors (Lipinski definition) is 0. The Kier molecular flexibility index (Phi) is 7.02. The quantitative estimate of drug-likeness (QED) is 0.245. The van der Waals surface area contributed by atoms with Gasteiger partial charge in [0.1, 0.15) is 18.7 Å². The first-order valence-corrected chi connectivity index (χ1v) is 11.1. The van der Waals surface area contributed by atoms with E-state index in [1.807, 2.05) is 48.5 Å². The van der Waals surface area contributed by atoms with Crippen LogP contribution in [0.25, 0.3) is 0 Å². The smallest absolute Gasteiger partial charge is 0.212 e. The summed E-state index contributed by atoms with van der Waals surface area (Å²) in [5, 5.41) is 14.1. The van der Waals surface area contributed by atoms with Crippen molar-refractivity contribution in [3.63, 3.8) is 0 Å². The second-order valence-electron chi connectivity index (χ2n) is 6.96. The maximum Gasteiger partial charge on any atom is 0.212 e. The zero-order valence-corrected chi connectivity index (χ0v) is 18.6. The van der Waals surface area contributed by atoms with Gasteiger partial charge >= 0.3 is 0 Å². The highest BCUT2D eigenvalue weighted by Gasteiger charge is 2.05. The molecule has 0 spiro atoms. The topological polar surface area (TPSA) is 52.3 Å². The van der Waals surface area contributed by atoms with Gasteiger partial charge in [-0.15, -0.1) is 10.2 Å². The van der Waals surface area contributed by atoms with Crippen LogP contribution in [-0.2, 0) is 12.4 Å². The first-order chi connectivity index (χ1) is 15.2. The zero-order chi connectivity index (χ0) is 21.5. The van der Waals surface area contributed by atoms with Gasteiger partial charge in [-0.05, 0) is 60.0 Å². The third kappa shape index (κ3) is 6.20. The molecule has 0 aliphatic carbocycles. The van der Waals surface area contributed by atoms with Crippen molar-refractivity contribution in [3.8, 4) is 5.75 Å². The summed E-state index contributed by atoms with van der Waals surface area (Å²) in [5.41, 5.74) is 4.52. The highest BCUT2D eigenvalue weighted by Crippen LogP contribution is 2.21. The Hall–Kier alpha value is -3.09. The van der Waals surface area contributed by atoms with Gasteiger partial charge < -0.3 is 4.74 Å². The maximum atomic E-state index is 5.91. The maximum absolute atomic E-state index is 5.91. The lowest BCUT2D eigenvalue weighted by Crippen LogP contribution is -1.96. The SMILES string of the molecule is Cc1ccc(CSc2nncn2/N=C\c2ccc(OCc3ccc(Cl)cc3)cc2)cc1. The summed E-state index contributed by atoms with van der Waals surface area (Å²) in [4.78, 5) is 0. The number of halogens is 1. The second-order valence-corrected chi connectivity index (χ2v) is 8.34. The van der Waals surface area contributed by atoms with Crippen molar-refractivity contribution in [2.24, 2.45) is 5.10 Å². The number of ether oxygens (including phenoxy) is 1. The van der Waals surface area contributed by atoms with E-state index in [1.54, 1.807) is 29.0 Å². The second kappa shape index (κ2) is 10.3. The highest BCUT2D eigenvalue weighted by atomic mass is 35.5. The summed E-state index contributed by atoms with van der Waals surface area (Å²) in [6.07, 6.45) is 3.39. The number of aryl methyl sites for hydroxylation is 1. The summed E-state index contributed by atoms with van der Waals surface area (Å²) in [5.74, 6) is 1.61. The van der Waals surface area contributed by atoms with Crippen molar-refractivity contribution in [2.45, 2.75) is 24.4 Å². The molecule has 0 N–H and O–H groups in total. The van der Waals surface area contributed by atoms with Crippen molar-refractivity contribution in [1.29, 1.82) is 0 Å². The number of nitrogens with zero attached hydrogens (tertiary/aromatic N) is 4. The molecule has 7 heteroatoms. The number of aromatic nitrogens is 3. The zero-order valence-electron chi connectivity index (χ0n) is 17.0.